The van der Waals surface area contributed by atoms with Crippen LogP contribution in [0.5, 0.6) is 0 Å². The maximum atomic E-state index is 12.4. The summed E-state index contributed by atoms with van der Waals surface area (Å²) < 4.78 is 24.6. The lowest BCUT2D eigenvalue weighted by molar-refractivity contribution is -0.119. The van der Waals surface area contributed by atoms with Crippen molar-refractivity contribution in [2.24, 2.45) is 0 Å². The van der Waals surface area contributed by atoms with Crippen molar-refractivity contribution in [1.82, 2.24) is 0 Å². The van der Waals surface area contributed by atoms with Crippen LogP contribution in [0.15, 0.2) is 29.2 Å². The Kier molecular flexibility index (Phi) is 5.48. The van der Waals surface area contributed by atoms with E-state index in [9.17, 15) is 13.4 Å². The van der Waals surface area contributed by atoms with Gasteiger partial charge in [0.05, 0.1) is 10.8 Å². The van der Waals surface area contributed by atoms with Crippen molar-refractivity contribution in [2.75, 3.05) is 6.67 Å². The summed E-state index contributed by atoms with van der Waals surface area (Å²) >= 11 is 0. The molecule has 17 heavy (non-hydrogen) atoms. The molecule has 0 bridgehead atoms. The number of hydrogen-bond acceptors (Lipinski definition) is 2. The number of rotatable bonds is 6. The molecule has 0 fully saturated rings. The highest BCUT2D eigenvalue weighted by molar-refractivity contribution is 7.86. The van der Waals surface area contributed by atoms with Gasteiger partial charge < -0.3 is 0 Å². The zero-order valence-electron chi connectivity index (χ0n) is 10.1. The van der Waals surface area contributed by atoms with Crippen LogP contribution in [0.1, 0.15) is 25.3 Å². The highest BCUT2D eigenvalue weighted by atomic mass is 32.2. The van der Waals surface area contributed by atoms with Crippen LogP contribution in [-0.2, 0) is 15.6 Å². The second kappa shape index (κ2) is 6.64. The summed E-state index contributed by atoms with van der Waals surface area (Å²) in [6.07, 6.45) is 1.18. The maximum absolute atomic E-state index is 12.4. The van der Waals surface area contributed by atoms with Crippen LogP contribution < -0.4 is 0 Å². The standard InChI is InChI=1S/C13H17FO2S/c1-3-4-13(12(15)9-14)17(16)11-7-5-10(2)6-8-11/h5-8,13H,3-4,9H2,1-2H3/t13-,17-/m0/s1. The quantitative estimate of drug-likeness (QED) is 0.784. The predicted molar refractivity (Wildman–Crippen MR) is 67.3 cm³/mol. The van der Waals surface area contributed by atoms with E-state index in [2.05, 4.69) is 0 Å². The Morgan fingerprint density at radius 2 is 1.94 bits per heavy atom. The highest BCUT2D eigenvalue weighted by Crippen LogP contribution is 2.17. The average Bonchev–Trinajstić information content (AvgIpc) is 2.35. The number of Topliss-reactive ketones (excluding diaryl/α,β-unsaturated/α-hetero) is 1. The molecule has 0 aliphatic carbocycles. The SMILES string of the molecule is CCC[C@@H](C(=O)CF)[S@@](=O)c1ccc(C)cc1. The van der Waals surface area contributed by atoms with Crippen LogP contribution in [-0.4, -0.2) is 21.9 Å². The minimum atomic E-state index is -1.45. The van der Waals surface area contributed by atoms with Crippen molar-refractivity contribution in [3.8, 4) is 0 Å². The Hall–Kier alpha value is -1.03. The Balaban J connectivity index is 2.91. The minimum Gasteiger partial charge on any atom is -0.295 e. The van der Waals surface area contributed by atoms with Crippen molar-refractivity contribution in [1.29, 1.82) is 0 Å². The van der Waals surface area contributed by atoms with Crippen molar-refractivity contribution < 1.29 is 13.4 Å². The number of carbonyl (C=O) groups is 1. The Morgan fingerprint density at radius 1 is 1.35 bits per heavy atom. The van der Waals surface area contributed by atoms with Gasteiger partial charge in [0.2, 0.25) is 0 Å². The number of aryl methyl sites for hydroxylation is 1. The zero-order valence-corrected chi connectivity index (χ0v) is 10.9. The summed E-state index contributed by atoms with van der Waals surface area (Å²) in [4.78, 5) is 12.0. The molecule has 1 aromatic carbocycles. The zero-order chi connectivity index (χ0) is 12.8. The molecule has 1 aromatic rings. The smallest absolute Gasteiger partial charge is 0.179 e. The van der Waals surface area contributed by atoms with Crippen LogP contribution in [0, 0.1) is 6.92 Å². The molecule has 0 aliphatic heterocycles. The largest absolute Gasteiger partial charge is 0.295 e. The van der Waals surface area contributed by atoms with Crippen LogP contribution in [0.2, 0.25) is 0 Å². The first-order valence-electron chi connectivity index (χ1n) is 5.66. The summed E-state index contributed by atoms with van der Waals surface area (Å²) in [6.45, 7) is 2.79. The number of hydrogen-bond donors (Lipinski definition) is 0. The van der Waals surface area contributed by atoms with Gasteiger partial charge in [0.15, 0.2) is 5.78 Å². The molecule has 4 heteroatoms. The van der Waals surface area contributed by atoms with E-state index < -0.39 is 28.5 Å². The number of carbonyl (C=O) groups excluding carboxylic acids is 1. The van der Waals surface area contributed by atoms with Crippen LogP contribution in [0.4, 0.5) is 4.39 Å². The van der Waals surface area contributed by atoms with Crippen LogP contribution in [0.3, 0.4) is 0 Å². The summed E-state index contributed by atoms with van der Waals surface area (Å²) in [5.74, 6) is -0.564. The molecular weight excluding hydrogens is 239 g/mol. The number of alkyl halides is 1. The fraction of sp³-hybridized carbons (Fsp3) is 0.462. The molecule has 0 unspecified atom stereocenters. The number of benzene rings is 1. The first-order chi connectivity index (χ1) is 8.10. The van der Waals surface area contributed by atoms with Crippen molar-refractivity contribution in [3.05, 3.63) is 29.8 Å². The van der Waals surface area contributed by atoms with Crippen molar-refractivity contribution in [2.45, 2.75) is 36.8 Å². The van der Waals surface area contributed by atoms with Crippen molar-refractivity contribution >= 4 is 16.6 Å². The minimum absolute atomic E-state index is 0.462. The molecule has 0 radical (unpaired) electrons. The third-order valence-corrected chi connectivity index (χ3v) is 4.31. The van der Waals surface area contributed by atoms with E-state index in [1.54, 1.807) is 12.1 Å². The molecule has 2 atom stereocenters. The van der Waals surface area contributed by atoms with Gasteiger partial charge in [-0.1, -0.05) is 31.0 Å². The van der Waals surface area contributed by atoms with Crippen molar-refractivity contribution in [3.63, 3.8) is 0 Å². The van der Waals surface area contributed by atoms with E-state index in [1.165, 1.54) is 0 Å². The fourth-order valence-corrected chi connectivity index (χ4v) is 3.06. The normalized spacial score (nSPS) is 14.3. The summed E-state index contributed by atoms with van der Waals surface area (Å²) in [7, 11) is -1.45. The molecule has 0 aliphatic rings. The van der Waals surface area contributed by atoms with Crippen LogP contribution in [0.25, 0.3) is 0 Å². The van der Waals surface area contributed by atoms with E-state index in [0.29, 0.717) is 17.7 Å². The molecule has 0 aromatic heterocycles. The number of ketones is 1. The van der Waals surface area contributed by atoms with Gasteiger partial charge in [-0.3, -0.25) is 9.00 Å². The third-order valence-electron chi connectivity index (χ3n) is 2.55. The fourth-order valence-electron chi connectivity index (χ4n) is 1.57. The Bertz CT molecular complexity index is 400. The van der Waals surface area contributed by atoms with E-state index in [-0.39, 0.29) is 0 Å². The molecule has 0 heterocycles. The second-order valence-electron chi connectivity index (χ2n) is 3.99. The molecule has 94 valence electrons. The molecule has 0 saturated heterocycles. The monoisotopic (exact) mass is 256 g/mol. The lowest BCUT2D eigenvalue weighted by Crippen LogP contribution is -2.27. The van der Waals surface area contributed by atoms with E-state index >= 15 is 0 Å². The third kappa shape index (κ3) is 3.73. The van der Waals surface area contributed by atoms with Gasteiger partial charge in [-0.2, -0.15) is 0 Å². The summed E-state index contributed by atoms with van der Waals surface area (Å²) in [5.41, 5.74) is 1.06. The topological polar surface area (TPSA) is 34.1 Å². The molecule has 0 spiro atoms. The molecule has 1 rings (SSSR count). The Labute approximate surface area is 104 Å². The first-order valence-corrected chi connectivity index (χ1v) is 6.87. The number of halogens is 1. The second-order valence-corrected chi connectivity index (χ2v) is 5.62. The molecule has 0 amide bonds. The van der Waals surface area contributed by atoms with Gasteiger partial charge >= 0.3 is 0 Å². The molecule has 0 N–H and O–H groups in total. The average molecular weight is 256 g/mol. The van der Waals surface area contributed by atoms with E-state index in [1.807, 2.05) is 26.0 Å². The van der Waals surface area contributed by atoms with E-state index in [0.717, 1.165) is 5.56 Å². The molecular formula is C13H17FO2S. The van der Waals surface area contributed by atoms with Gasteiger partial charge in [0.1, 0.15) is 11.9 Å². The molecule has 0 saturated carbocycles. The van der Waals surface area contributed by atoms with Crippen LogP contribution >= 0.6 is 0 Å². The van der Waals surface area contributed by atoms with Gasteiger partial charge in [-0.15, -0.1) is 0 Å². The van der Waals surface area contributed by atoms with Gasteiger partial charge in [0, 0.05) is 4.90 Å². The van der Waals surface area contributed by atoms with Gasteiger partial charge in [0.25, 0.3) is 0 Å². The highest BCUT2D eigenvalue weighted by Gasteiger charge is 2.25. The lowest BCUT2D eigenvalue weighted by atomic mass is 10.2. The first kappa shape index (κ1) is 14.0. The van der Waals surface area contributed by atoms with Gasteiger partial charge in [-0.05, 0) is 25.5 Å². The summed E-state index contributed by atoms with van der Waals surface area (Å²) in [6, 6.07) is 7.16. The predicted octanol–water partition coefficient (Wildman–Crippen LogP) is 2.81. The lowest BCUT2D eigenvalue weighted by Gasteiger charge is -2.13. The maximum Gasteiger partial charge on any atom is 0.179 e. The molecule has 2 nitrogen and oxygen atoms in total. The van der Waals surface area contributed by atoms with Gasteiger partial charge in [-0.25, -0.2) is 4.39 Å². The van der Waals surface area contributed by atoms with E-state index in [4.69, 9.17) is 0 Å². The Morgan fingerprint density at radius 3 is 2.41 bits per heavy atom. The summed E-state index contributed by atoms with van der Waals surface area (Å²) in [5, 5.41) is -0.715.